The van der Waals surface area contributed by atoms with Gasteiger partial charge in [-0.3, -0.25) is 9.89 Å². The molecule has 0 saturated carbocycles. The van der Waals surface area contributed by atoms with Crippen LogP contribution in [0.4, 0.5) is 0 Å². The van der Waals surface area contributed by atoms with Crippen molar-refractivity contribution in [2.45, 2.75) is 13.0 Å². The van der Waals surface area contributed by atoms with Crippen molar-refractivity contribution in [3.63, 3.8) is 0 Å². The summed E-state index contributed by atoms with van der Waals surface area (Å²) in [5.41, 5.74) is 4.78. The van der Waals surface area contributed by atoms with Crippen molar-refractivity contribution >= 4 is 16.8 Å². The fraction of sp³-hybridized carbons (Fsp3) is 0.125. The van der Waals surface area contributed by atoms with Crippen molar-refractivity contribution in [2.75, 3.05) is 0 Å². The predicted molar refractivity (Wildman–Crippen MR) is 77.4 cm³/mol. The van der Waals surface area contributed by atoms with Gasteiger partial charge in [0, 0.05) is 16.5 Å². The molecule has 1 aliphatic heterocycles. The number of H-pyrrole nitrogens is 1. The molecule has 98 valence electrons. The molecule has 0 bridgehead atoms. The maximum atomic E-state index is 11.8. The summed E-state index contributed by atoms with van der Waals surface area (Å²) in [7, 11) is 0. The Morgan fingerprint density at radius 1 is 1.15 bits per heavy atom. The van der Waals surface area contributed by atoms with Crippen LogP contribution in [0.25, 0.3) is 22.2 Å². The number of carbonyl (C=O) groups excluding carboxylic acids is 1. The van der Waals surface area contributed by atoms with Crippen LogP contribution in [0.1, 0.15) is 28.9 Å². The van der Waals surface area contributed by atoms with E-state index in [1.54, 1.807) is 0 Å². The minimum atomic E-state index is 0.00550. The first-order chi connectivity index (χ1) is 9.74. The molecule has 4 heteroatoms. The van der Waals surface area contributed by atoms with Gasteiger partial charge in [-0.05, 0) is 30.7 Å². The summed E-state index contributed by atoms with van der Waals surface area (Å²) < 4.78 is 0. The Hall–Kier alpha value is -2.62. The van der Waals surface area contributed by atoms with Crippen LogP contribution in [0, 0.1) is 0 Å². The molecule has 2 heterocycles. The Morgan fingerprint density at radius 3 is 2.90 bits per heavy atom. The molecule has 2 aromatic carbocycles. The third kappa shape index (κ3) is 1.48. The van der Waals surface area contributed by atoms with Crippen LogP contribution in [0.3, 0.4) is 0 Å². The normalized spacial score (nSPS) is 17.2. The minimum Gasteiger partial charge on any atom is -0.345 e. The van der Waals surface area contributed by atoms with Gasteiger partial charge in [0.1, 0.15) is 0 Å². The number of nitrogens with one attached hydrogen (secondary N) is 2. The summed E-state index contributed by atoms with van der Waals surface area (Å²) >= 11 is 0. The number of carbonyl (C=O) groups is 1. The van der Waals surface area contributed by atoms with Crippen LogP contribution in [0.2, 0.25) is 0 Å². The number of amides is 1. The molecule has 1 amide bonds. The standard InChI is InChI=1S/C16H13N3O/c1-9-13-8-10(6-7-11(13)16(20)17-9)15-12-4-2-3-5-14(12)18-19-15/h2-9H,1H3,(H,17,20)(H,18,19). The highest BCUT2D eigenvalue weighted by Crippen LogP contribution is 2.32. The summed E-state index contributed by atoms with van der Waals surface area (Å²) in [6, 6.07) is 14.0. The number of nitrogens with zero attached hydrogens (tertiary/aromatic N) is 1. The summed E-state index contributed by atoms with van der Waals surface area (Å²) in [6.07, 6.45) is 0. The van der Waals surface area contributed by atoms with Gasteiger partial charge < -0.3 is 5.32 Å². The molecule has 1 atom stereocenters. The molecule has 0 saturated heterocycles. The molecule has 4 nitrogen and oxygen atoms in total. The van der Waals surface area contributed by atoms with Gasteiger partial charge in [-0.25, -0.2) is 0 Å². The van der Waals surface area contributed by atoms with Gasteiger partial charge in [0.05, 0.1) is 17.3 Å². The second-order valence-electron chi connectivity index (χ2n) is 5.11. The lowest BCUT2D eigenvalue weighted by Crippen LogP contribution is -2.16. The highest BCUT2D eigenvalue weighted by Gasteiger charge is 2.25. The molecule has 0 aliphatic carbocycles. The molecule has 1 unspecified atom stereocenters. The Bertz CT molecular complexity index is 835. The lowest BCUT2D eigenvalue weighted by atomic mass is 9.99. The molecule has 20 heavy (non-hydrogen) atoms. The number of hydrogen-bond acceptors (Lipinski definition) is 2. The summed E-state index contributed by atoms with van der Waals surface area (Å²) in [6.45, 7) is 2.00. The van der Waals surface area contributed by atoms with Gasteiger partial charge in [-0.2, -0.15) is 5.10 Å². The summed E-state index contributed by atoms with van der Waals surface area (Å²) in [5.74, 6) is 0.00550. The minimum absolute atomic E-state index is 0.00550. The maximum absolute atomic E-state index is 11.8. The molecule has 1 aliphatic rings. The van der Waals surface area contributed by atoms with Crippen LogP contribution in [0.5, 0.6) is 0 Å². The smallest absolute Gasteiger partial charge is 0.252 e. The molecule has 3 aromatic rings. The van der Waals surface area contributed by atoms with Gasteiger partial charge in [-0.15, -0.1) is 0 Å². The van der Waals surface area contributed by atoms with E-state index in [0.717, 1.165) is 33.3 Å². The maximum Gasteiger partial charge on any atom is 0.252 e. The Morgan fingerprint density at radius 2 is 2.00 bits per heavy atom. The SMILES string of the molecule is CC1NC(=O)c2ccc(-c3n[nH]c4ccccc34)cc21. The third-order valence-electron chi connectivity index (χ3n) is 3.85. The zero-order valence-corrected chi connectivity index (χ0v) is 11.0. The van der Waals surface area contributed by atoms with Gasteiger partial charge in [0.25, 0.3) is 5.91 Å². The fourth-order valence-electron chi connectivity index (χ4n) is 2.81. The van der Waals surface area contributed by atoms with Gasteiger partial charge >= 0.3 is 0 Å². The number of benzene rings is 2. The second-order valence-corrected chi connectivity index (χ2v) is 5.11. The van der Waals surface area contributed by atoms with E-state index in [0.29, 0.717) is 0 Å². The van der Waals surface area contributed by atoms with E-state index in [2.05, 4.69) is 21.6 Å². The van der Waals surface area contributed by atoms with Crippen molar-refractivity contribution in [1.82, 2.24) is 15.5 Å². The average molecular weight is 263 g/mol. The number of aromatic amines is 1. The third-order valence-corrected chi connectivity index (χ3v) is 3.85. The molecular weight excluding hydrogens is 250 g/mol. The van der Waals surface area contributed by atoms with Crippen molar-refractivity contribution < 1.29 is 4.79 Å². The molecule has 2 N–H and O–H groups in total. The van der Waals surface area contributed by atoms with Crippen LogP contribution in [-0.2, 0) is 0 Å². The monoisotopic (exact) mass is 263 g/mol. The average Bonchev–Trinajstić information content (AvgIpc) is 3.01. The van der Waals surface area contributed by atoms with Crippen molar-refractivity contribution in [1.29, 1.82) is 0 Å². The lowest BCUT2D eigenvalue weighted by Gasteiger charge is -2.05. The second kappa shape index (κ2) is 3.93. The lowest BCUT2D eigenvalue weighted by molar-refractivity contribution is 0.0958. The fourth-order valence-corrected chi connectivity index (χ4v) is 2.81. The Kier molecular flexibility index (Phi) is 2.21. The van der Waals surface area contributed by atoms with E-state index >= 15 is 0 Å². The number of aromatic nitrogens is 2. The molecule has 0 fully saturated rings. The molecule has 1 aromatic heterocycles. The van der Waals surface area contributed by atoms with E-state index in [4.69, 9.17) is 0 Å². The highest BCUT2D eigenvalue weighted by atomic mass is 16.2. The quantitative estimate of drug-likeness (QED) is 0.709. The van der Waals surface area contributed by atoms with E-state index in [1.165, 1.54) is 0 Å². The van der Waals surface area contributed by atoms with Crippen molar-refractivity contribution in [3.8, 4) is 11.3 Å². The molecule has 4 rings (SSSR count). The zero-order chi connectivity index (χ0) is 13.7. The molecule has 0 radical (unpaired) electrons. The van der Waals surface area contributed by atoms with Crippen LogP contribution in [0.15, 0.2) is 42.5 Å². The number of hydrogen-bond donors (Lipinski definition) is 2. The van der Waals surface area contributed by atoms with Crippen LogP contribution < -0.4 is 5.32 Å². The van der Waals surface area contributed by atoms with E-state index < -0.39 is 0 Å². The van der Waals surface area contributed by atoms with Gasteiger partial charge in [0.15, 0.2) is 0 Å². The van der Waals surface area contributed by atoms with Crippen LogP contribution in [-0.4, -0.2) is 16.1 Å². The summed E-state index contributed by atoms with van der Waals surface area (Å²) in [4.78, 5) is 11.8. The first-order valence-corrected chi connectivity index (χ1v) is 6.62. The van der Waals surface area contributed by atoms with Crippen LogP contribution >= 0.6 is 0 Å². The van der Waals surface area contributed by atoms with E-state index in [-0.39, 0.29) is 11.9 Å². The Labute approximate surface area is 115 Å². The summed E-state index contributed by atoms with van der Waals surface area (Å²) in [5, 5.41) is 11.5. The largest absolute Gasteiger partial charge is 0.345 e. The van der Waals surface area contributed by atoms with Gasteiger partial charge in [-0.1, -0.05) is 24.3 Å². The van der Waals surface area contributed by atoms with E-state index in [9.17, 15) is 4.79 Å². The zero-order valence-electron chi connectivity index (χ0n) is 11.0. The molecular formula is C16H13N3O. The number of para-hydroxylation sites is 1. The first kappa shape index (κ1) is 11.2. The predicted octanol–water partition coefficient (Wildman–Crippen LogP) is 3.03. The first-order valence-electron chi connectivity index (χ1n) is 6.62. The van der Waals surface area contributed by atoms with Crippen molar-refractivity contribution in [3.05, 3.63) is 53.6 Å². The topological polar surface area (TPSA) is 57.8 Å². The molecule has 0 spiro atoms. The number of fused-ring (bicyclic) bond motifs is 2. The van der Waals surface area contributed by atoms with Gasteiger partial charge in [0.2, 0.25) is 0 Å². The highest BCUT2D eigenvalue weighted by molar-refractivity contribution is 6.00. The Balaban J connectivity index is 1.92. The van der Waals surface area contributed by atoms with Crippen molar-refractivity contribution in [2.24, 2.45) is 0 Å². The van der Waals surface area contributed by atoms with E-state index in [1.807, 2.05) is 43.3 Å². The number of rotatable bonds is 1.